The summed E-state index contributed by atoms with van der Waals surface area (Å²) in [6.45, 7) is 6.55. The largest absolute Gasteiger partial charge is 0.373 e. The predicted molar refractivity (Wildman–Crippen MR) is 89.2 cm³/mol. The van der Waals surface area contributed by atoms with Gasteiger partial charge in [0, 0.05) is 50.5 Å². The molecule has 0 spiro atoms. The summed E-state index contributed by atoms with van der Waals surface area (Å²) in [4.78, 5) is 2.48. The first kappa shape index (κ1) is 15.8. The molecule has 2 aromatic rings. The van der Waals surface area contributed by atoms with Gasteiger partial charge in [0.25, 0.3) is 0 Å². The maximum absolute atomic E-state index is 5.88. The van der Waals surface area contributed by atoms with Gasteiger partial charge in [0.2, 0.25) is 0 Å². The van der Waals surface area contributed by atoms with Gasteiger partial charge in [0.15, 0.2) is 5.82 Å². The van der Waals surface area contributed by atoms with Gasteiger partial charge >= 0.3 is 0 Å². The summed E-state index contributed by atoms with van der Waals surface area (Å²) >= 11 is 0. The van der Waals surface area contributed by atoms with Gasteiger partial charge in [0.1, 0.15) is 12.4 Å². The number of rotatable bonds is 6. The Morgan fingerprint density at radius 1 is 1.29 bits per heavy atom. The minimum Gasteiger partial charge on any atom is -0.373 e. The Balaban J connectivity index is 1.37. The minimum absolute atomic E-state index is 0.439. The second-order valence-electron chi connectivity index (χ2n) is 7.13. The average molecular weight is 330 g/mol. The first-order valence-corrected chi connectivity index (χ1v) is 9.00. The molecule has 7 heteroatoms. The van der Waals surface area contributed by atoms with Crippen molar-refractivity contribution >= 4 is 0 Å². The highest BCUT2D eigenvalue weighted by atomic mass is 16.5. The van der Waals surface area contributed by atoms with Crippen molar-refractivity contribution in [1.29, 1.82) is 0 Å². The molecule has 1 N–H and O–H groups in total. The van der Waals surface area contributed by atoms with E-state index in [1.807, 2.05) is 12.4 Å². The summed E-state index contributed by atoms with van der Waals surface area (Å²) in [6, 6.07) is 0.439. The number of nitrogens with one attached hydrogen (secondary N) is 1. The lowest BCUT2D eigenvalue weighted by atomic mass is 9.86. The number of aromatic nitrogens is 5. The van der Waals surface area contributed by atoms with Gasteiger partial charge in [-0.3, -0.25) is 10.00 Å². The van der Waals surface area contributed by atoms with Crippen LogP contribution in [0.1, 0.15) is 43.4 Å². The lowest BCUT2D eigenvalue weighted by Gasteiger charge is -2.25. The highest BCUT2D eigenvalue weighted by Gasteiger charge is 2.24. The fourth-order valence-electron chi connectivity index (χ4n) is 3.54. The highest BCUT2D eigenvalue weighted by Crippen LogP contribution is 2.26. The molecule has 2 aromatic heterocycles. The van der Waals surface area contributed by atoms with E-state index >= 15 is 0 Å². The van der Waals surface area contributed by atoms with E-state index in [1.54, 1.807) is 0 Å². The Morgan fingerprint density at radius 3 is 2.96 bits per heavy atom. The van der Waals surface area contributed by atoms with Crippen molar-refractivity contribution < 1.29 is 4.74 Å². The topological polar surface area (TPSA) is 71.9 Å². The Morgan fingerprint density at radius 2 is 2.21 bits per heavy atom. The zero-order valence-electron chi connectivity index (χ0n) is 14.3. The number of aromatic amines is 1. The lowest BCUT2D eigenvalue weighted by Crippen LogP contribution is -2.34. The van der Waals surface area contributed by atoms with Crippen LogP contribution in [0.25, 0.3) is 0 Å². The first-order chi connectivity index (χ1) is 11.8. The van der Waals surface area contributed by atoms with Crippen LogP contribution in [0.4, 0.5) is 0 Å². The number of ether oxygens (including phenoxy) is 1. The molecule has 7 nitrogen and oxygen atoms in total. The van der Waals surface area contributed by atoms with Crippen molar-refractivity contribution in [3.63, 3.8) is 0 Å². The standard InChI is InChI=1S/C17H26N6O/c1-13-7-16-20-21-17(12-24-11-14-3-2-4-14)23(16)6-5-22(13)10-15-8-18-19-9-15/h8-9,13-14H,2-7,10-12H2,1H3,(H,18,19). The molecule has 1 fully saturated rings. The van der Waals surface area contributed by atoms with Gasteiger partial charge < -0.3 is 9.30 Å². The number of hydrogen-bond donors (Lipinski definition) is 1. The normalized spacial score (nSPS) is 22.1. The Labute approximate surface area is 142 Å². The van der Waals surface area contributed by atoms with E-state index in [2.05, 4.69) is 36.8 Å². The van der Waals surface area contributed by atoms with E-state index in [1.165, 1.54) is 24.8 Å². The molecule has 0 radical (unpaired) electrons. The monoisotopic (exact) mass is 330 g/mol. The predicted octanol–water partition coefficient (Wildman–Crippen LogP) is 1.76. The van der Waals surface area contributed by atoms with E-state index in [0.717, 1.165) is 50.2 Å². The summed E-state index contributed by atoms with van der Waals surface area (Å²) in [5.74, 6) is 2.82. The second-order valence-corrected chi connectivity index (χ2v) is 7.13. The van der Waals surface area contributed by atoms with Crippen molar-refractivity contribution in [1.82, 2.24) is 29.9 Å². The van der Waals surface area contributed by atoms with Crippen LogP contribution in [0.3, 0.4) is 0 Å². The molecule has 0 amide bonds. The summed E-state index contributed by atoms with van der Waals surface area (Å²) < 4.78 is 8.14. The maximum atomic E-state index is 5.88. The van der Waals surface area contributed by atoms with E-state index in [9.17, 15) is 0 Å². The van der Waals surface area contributed by atoms with Crippen LogP contribution in [0, 0.1) is 5.92 Å². The van der Waals surface area contributed by atoms with E-state index < -0.39 is 0 Å². The fourth-order valence-corrected chi connectivity index (χ4v) is 3.54. The van der Waals surface area contributed by atoms with Crippen LogP contribution in [0.5, 0.6) is 0 Å². The molecule has 0 aromatic carbocycles. The van der Waals surface area contributed by atoms with E-state index in [-0.39, 0.29) is 0 Å². The minimum atomic E-state index is 0.439. The molecule has 130 valence electrons. The Hall–Kier alpha value is -1.73. The molecule has 0 saturated heterocycles. The van der Waals surface area contributed by atoms with E-state index in [4.69, 9.17) is 4.74 Å². The van der Waals surface area contributed by atoms with Crippen LogP contribution in [-0.2, 0) is 30.9 Å². The summed E-state index contributed by atoms with van der Waals surface area (Å²) in [5, 5.41) is 15.7. The summed E-state index contributed by atoms with van der Waals surface area (Å²) in [5.41, 5.74) is 1.23. The number of fused-ring (bicyclic) bond motifs is 1. The third-order valence-corrected chi connectivity index (χ3v) is 5.37. The van der Waals surface area contributed by atoms with Crippen LogP contribution in [0.15, 0.2) is 12.4 Å². The van der Waals surface area contributed by atoms with Crippen molar-refractivity contribution in [3.8, 4) is 0 Å². The van der Waals surface area contributed by atoms with Crippen molar-refractivity contribution in [2.75, 3.05) is 13.2 Å². The van der Waals surface area contributed by atoms with Crippen molar-refractivity contribution in [3.05, 3.63) is 29.6 Å². The summed E-state index contributed by atoms with van der Waals surface area (Å²) in [7, 11) is 0. The molecule has 0 bridgehead atoms. The molecule has 1 saturated carbocycles. The van der Waals surface area contributed by atoms with Crippen LogP contribution in [-0.4, -0.2) is 49.1 Å². The molecule has 24 heavy (non-hydrogen) atoms. The maximum Gasteiger partial charge on any atom is 0.159 e. The SMILES string of the molecule is CC1Cc2nnc(COCC3CCC3)n2CCN1Cc1cn[nH]c1. The lowest BCUT2D eigenvalue weighted by molar-refractivity contribution is 0.0542. The molecule has 4 rings (SSSR count). The molecular weight excluding hydrogens is 304 g/mol. The molecular formula is C17H26N6O. The van der Waals surface area contributed by atoms with Gasteiger partial charge in [-0.05, 0) is 25.7 Å². The van der Waals surface area contributed by atoms with Gasteiger partial charge in [-0.15, -0.1) is 10.2 Å². The van der Waals surface area contributed by atoms with Crippen LogP contribution in [0.2, 0.25) is 0 Å². The van der Waals surface area contributed by atoms with E-state index in [0.29, 0.717) is 12.6 Å². The Bertz CT molecular complexity index is 648. The third kappa shape index (κ3) is 3.37. The average Bonchev–Trinajstić information content (AvgIpc) is 3.13. The highest BCUT2D eigenvalue weighted by molar-refractivity contribution is 5.05. The van der Waals surface area contributed by atoms with Crippen molar-refractivity contribution in [2.24, 2.45) is 5.92 Å². The zero-order valence-corrected chi connectivity index (χ0v) is 14.3. The zero-order chi connectivity index (χ0) is 16.4. The summed E-state index contributed by atoms with van der Waals surface area (Å²) in [6.07, 6.45) is 8.79. The quantitative estimate of drug-likeness (QED) is 0.874. The van der Waals surface area contributed by atoms with Crippen LogP contribution >= 0.6 is 0 Å². The molecule has 1 aliphatic heterocycles. The smallest absolute Gasteiger partial charge is 0.159 e. The number of hydrogen-bond acceptors (Lipinski definition) is 5. The second kappa shape index (κ2) is 7.03. The number of H-pyrrole nitrogens is 1. The third-order valence-electron chi connectivity index (χ3n) is 5.37. The van der Waals surface area contributed by atoms with Crippen molar-refractivity contribution in [2.45, 2.75) is 58.3 Å². The number of nitrogens with zero attached hydrogens (tertiary/aromatic N) is 5. The molecule has 1 atom stereocenters. The molecule has 1 aliphatic carbocycles. The molecule has 3 heterocycles. The van der Waals surface area contributed by atoms with Gasteiger partial charge in [-0.1, -0.05) is 6.42 Å². The van der Waals surface area contributed by atoms with Crippen LogP contribution < -0.4 is 0 Å². The first-order valence-electron chi connectivity index (χ1n) is 9.00. The van der Waals surface area contributed by atoms with Gasteiger partial charge in [0.05, 0.1) is 6.20 Å². The molecule has 1 unspecified atom stereocenters. The van der Waals surface area contributed by atoms with Gasteiger partial charge in [-0.2, -0.15) is 5.10 Å². The molecule has 2 aliphatic rings. The van der Waals surface area contributed by atoms with Gasteiger partial charge in [-0.25, -0.2) is 0 Å². The Kier molecular flexibility index (Phi) is 4.62. The fraction of sp³-hybridized carbons (Fsp3) is 0.706.